The number of nitro groups is 1. The van der Waals surface area contributed by atoms with Crippen LogP contribution in [0.1, 0.15) is 26.9 Å². The van der Waals surface area contributed by atoms with Crippen molar-refractivity contribution in [3.05, 3.63) is 111 Å². The van der Waals surface area contributed by atoms with Gasteiger partial charge < -0.3 is 14.2 Å². The number of para-hydroxylation sites is 1. The lowest BCUT2D eigenvalue weighted by molar-refractivity contribution is -0.384. The molecule has 0 atom stereocenters. The molecule has 0 spiro atoms. The smallest absolute Gasteiger partial charge is 0.292 e. The van der Waals surface area contributed by atoms with Crippen LogP contribution in [-0.2, 0) is 0 Å². The number of nitrogens with one attached hydrogen (secondary N) is 1. The number of amides is 1. The number of nitriles is 1. The fourth-order valence-electron chi connectivity index (χ4n) is 3.70. The van der Waals surface area contributed by atoms with E-state index in [2.05, 4.69) is 16.4 Å². The molecule has 38 heavy (non-hydrogen) atoms. The predicted molar refractivity (Wildman–Crippen MR) is 143 cm³/mol. The van der Waals surface area contributed by atoms with Gasteiger partial charge in [-0.2, -0.15) is 5.26 Å². The Labute approximate surface area is 220 Å². The minimum atomic E-state index is -0.477. The molecule has 3 heterocycles. The first kappa shape index (κ1) is 24.4. The molecule has 0 radical (unpaired) electrons. The topological polar surface area (TPSA) is 135 Å². The largest absolute Gasteiger partial charge is 0.459 e. The molecule has 0 aliphatic heterocycles. The van der Waals surface area contributed by atoms with Gasteiger partial charge in [-0.05, 0) is 37.3 Å². The van der Waals surface area contributed by atoms with Crippen molar-refractivity contribution in [1.82, 2.24) is 4.98 Å². The van der Waals surface area contributed by atoms with Gasteiger partial charge in [0.1, 0.15) is 33.3 Å². The molecule has 0 aliphatic rings. The van der Waals surface area contributed by atoms with Crippen LogP contribution in [0.4, 0.5) is 10.7 Å². The summed E-state index contributed by atoms with van der Waals surface area (Å²) in [6.45, 7) is 1.97. The van der Waals surface area contributed by atoms with Crippen LogP contribution in [0.5, 0.6) is 0 Å². The second kappa shape index (κ2) is 10.4. The molecular formula is C28H18N4O5S. The first-order chi connectivity index (χ1) is 18.4. The summed E-state index contributed by atoms with van der Waals surface area (Å²) in [4.78, 5) is 28.3. The van der Waals surface area contributed by atoms with Crippen LogP contribution in [0.15, 0.2) is 87.9 Å². The minimum absolute atomic E-state index is 0.0857. The van der Waals surface area contributed by atoms with Crippen molar-refractivity contribution in [3.63, 3.8) is 0 Å². The lowest BCUT2D eigenvalue weighted by Crippen LogP contribution is -2.10. The lowest BCUT2D eigenvalue weighted by Gasteiger charge is -2.04. The fourth-order valence-corrected chi connectivity index (χ4v) is 4.65. The Kier molecular flexibility index (Phi) is 6.67. The third kappa shape index (κ3) is 5.00. The number of rotatable bonds is 7. The van der Waals surface area contributed by atoms with Crippen molar-refractivity contribution < 1.29 is 18.6 Å². The number of carbonyl (C=O) groups excluding carboxylic acids is 1. The van der Waals surface area contributed by atoms with Crippen molar-refractivity contribution in [2.45, 2.75) is 6.92 Å². The van der Waals surface area contributed by atoms with Crippen LogP contribution in [0.2, 0.25) is 0 Å². The molecule has 10 heteroatoms. The Morgan fingerprint density at radius 3 is 2.61 bits per heavy atom. The monoisotopic (exact) mass is 522 g/mol. The van der Waals surface area contributed by atoms with E-state index in [4.69, 9.17) is 8.83 Å². The standard InChI is InChI=1S/C28H18N4O5S/c1-17-8-10-18(11-9-17)25-28(31-26(33)24-7-4-14-36-24)38-27(30-25)19(16-29)15-20-12-13-23(37-20)21-5-2-3-6-22(21)32(34)35/h2-15H,1H3,(H,31,33)/b19-15+. The van der Waals surface area contributed by atoms with Crippen LogP contribution < -0.4 is 5.32 Å². The zero-order valence-electron chi connectivity index (χ0n) is 19.9. The first-order valence-corrected chi connectivity index (χ1v) is 12.1. The van der Waals surface area contributed by atoms with Crippen molar-refractivity contribution in [3.8, 4) is 28.7 Å². The molecule has 1 N–H and O–H groups in total. The average molecular weight is 523 g/mol. The highest BCUT2D eigenvalue weighted by molar-refractivity contribution is 7.17. The van der Waals surface area contributed by atoms with E-state index in [9.17, 15) is 20.2 Å². The number of allylic oxidation sites excluding steroid dienone is 1. The van der Waals surface area contributed by atoms with Crippen LogP contribution >= 0.6 is 11.3 Å². The van der Waals surface area contributed by atoms with Gasteiger partial charge in [0.2, 0.25) is 0 Å². The number of nitrogens with zero attached hydrogens (tertiary/aromatic N) is 3. The van der Waals surface area contributed by atoms with Crippen LogP contribution in [0.25, 0.3) is 34.2 Å². The first-order valence-electron chi connectivity index (χ1n) is 11.3. The van der Waals surface area contributed by atoms with Crippen molar-refractivity contribution in [1.29, 1.82) is 5.26 Å². The molecule has 0 aliphatic carbocycles. The number of aromatic nitrogens is 1. The van der Waals surface area contributed by atoms with Crippen LogP contribution in [-0.4, -0.2) is 15.8 Å². The Morgan fingerprint density at radius 1 is 1.11 bits per heavy atom. The maximum atomic E-state index is 12.7. The molecule has 0 unspecified atom stereocenters. The second-order valence-corrected chi connectivity index (χ2v) is 9.14. The highest BCUT2D eigenvalue weighted by Crippen LogP contribution is 2.38. The van der Waals surface area contributed by atoms with Gasteiger partial charge in [0.15, 0.2) is 5.76 Å². The maximum absolute atomic E-state index is 12.7. The van der Waals surface area contributed by atoms with E-state index in [-0.39, 0.29) is 17.0 Å². The summed E-state index contributed by atoms with van der Waals surface area (Å²) < 4.78 is 11.0. The Hall–Kier alpha value is -5.27. The van der Waals surface area contributed by atoms with Gasteiger partial charge >= 0.3 is 0 Å². The Balaban J connectivity index is 1.52. The lowest BCUT2D eigenvalue weighted by atomic mass is 10.1. The molecule has 1 amide bonds. The highest BCUT2D eigenvalue weighted by atomic mass is 32.1. The molecule has 5 aromatic rings. The van der Waals surface area contributed by atoms with E-state index in [1.165, 1.54) is 18.4 Å². The zero-order valence-corrected chi connectivity index (χ0v) is 20.7. The molecule has 3 aromatic heterocycles. The van der Waals surface area contributed by atoms with Gasteiger partial charge in [-0.3, -0.25) is 14.9 Å². The van der Waals surface area contributed by atoms with E-state index >= 15 is 0 Å². The molecule has 0 bridgehead atoms. The number of thiazole rings is 1. The van der Waals surface area contributed by atoms with Gasteiger partial charge in [-0.15, -0.1) is 0 Å². The summed E-state index contributed by atoms with van der Waals surface area (Å²) in [7, 11) is 0. The molecular weight excluding hydrogens is 504 g/mol. The van der Waals surface area contributed by atoms with Crippen molar-refractivity contribution in [2.24, 2.45) is 0 Å². The molecule has 9 nitrogen and oxygen atoms in total. The Bertz CT molecular complexity index is 1710. The number of nitro benzene ring substituents is 1. The summed E-state index contributed by atoms with van der Waals surface area (Å²) in [6.07, 6.45) is 2.92. The number of benzene rings is 2. The summed E-state index contributed by atoms with van der Waals surface area (Å²) in [6, 6.07) is 22.4. The maximum Gasteiger partial charge on any atom is 0.292 e. The third-order valence-electron chi connectivity index (χ3n) is 5.55. The number of furan rings is 2. The molecule has 2 aromatic carbocycles. The Morgan fingerprint density at radius 2 is 1.89 bits per heavy atom. The van der Waals surface area contributed by atoms with E-state index in [1.54, 1.807) is 42.5 Å². The normalized spacial score (nSPS) is 11.2. The van der Waals surface area contributed by atoms with Gasteiger partial charge in [0.05, 0.1) is 22.3 Å². The quantitative estimate of drug-likeness (QED) is 0.136. The molecule has 5 rings (SSSR count). The summed E-state index contributed by atoms with van der Waals surface area (Å²) in [5.41, 5.74) is 2.78. The van der Waals surface area contributed by atoms with Crippen molar-refractivity contribution >= 4 is 39.6 Å². The number of anilines is 1. The van der Waals surface area contributed by atoms with Crippen molar-refractivity contribution in [2.75, 3.05) is 5.32 Å². The highest BCUT2D eigenvalue weighted by Gasteiger charge is 2.21. The van der Waals surface area contributed by atoms with Crippen LogP contribution in [0, 0.1) is 28.4 Å². The number of hydrogen-bond acceptors (Lipinski definition) is 8. The third-order valence-corrected chi connectivity index (χ3v) is 6.56. The van der Waals surface area contributed by atoms with E-state index in [0.717, 1.165) is 22.5 Å². The fraction of sp³-hybridized carbons (Fsp3) is 0.0357. The molecule has 0 fully saturated rings. The molecule has 0 saturated heterocycles. The minimum Gasteiger partial charge on any atom is -0.459 e. The molecule has 186 valence electrons. The SMILES string of the molecule is Cc1ccc(-c2nc(/C(C#N)=C/c3ccc(-c4ccccc4[N+](=O)[O-])o3)sc2NC(=O)c2ccco2)cc1. The second-order valence-electron chi connectivity index (χ2n) is 8.14. The van der Waals surface area contributed by atoms with Gasteiger partial charge in [0, 0.05) is 17.7 Å². The number of aryl methyl sites for hydroxylation is 1. The summed E-state index contributed by atoms with van der Waals surface area (Å²) >= 11 is 1.14. The number of carbonyl (C=O) groups is 1. The van der Waals surface area contributed by atoms with E-state index in [0.29, 0.717) is 32.8 Å². The van der Waals surface area contributed by atoms with Gasteiger partial charge in [-0.1, -0.05) is 53.3 Å². The summed E-state index contributed by atoms with van der Waals surface area (Å²) in [5, 5.41) is 25.0. The van der Waals surface area contributed by atoms with E-state index in [1.807, 2.05) is 31.2 Å². The summed E-state index contributed by atoms with van der Waals surface area (Å²) in [5.74, 6) is 0.319. The van der Waals surface area contributed by atoms with Gasteiger partial charge in [-0.25, -0.2) is 4.98 Å². The average Bonchev–Trinajstić information content (AvgIpc) is 3.69. The zero-order chi connectivity index (χ0) is 26.6. The molecule has 0 saturated carbocycles. The van der Waals surface area contributed by atoms with Gasteiger partial charge in [0.25, 0.3) is 11.6 Å². The predicted octanol–water partition coefficient (Wildman–Crippen LogP) is 7.20. The van der Waals surface area contributed by atoms with Crippen LogP contribution in [0.3, 0.4) is 0 Å². The van der Waals surface area contributed by atoms with E-state index < -0.39 is 10.8 Å². The number of hydrogen-bond donors (Lipinski definition) is 1.